The van der Waals surface area contributed by atoms with Crippen molar-refractivity contribution in [3.05, 3.63) is 55.3 Å². The summed E-state index contributed by atoms with van der Waals surface area (Å²) in [4.78, 5) is 14.8. The van der Waals surface area contributed by atoms with E-state index >= 15 is 0 Å². The Morgan fingerprint density at radius 3 is 2.29 bits per heavy atom. The number of hydrogen-bond donors (Lipinski definition) is 2. The van der Waals surface area contributed by atoms with E-state index in [-0.39, 0.29) is 20.9 Å². The normalized spacial score (nSPS) is 11.1. The van der Waals surface area contributed by atoms with Crippen LogP contribution in [0.25, 0.3) is 0 Å². The predicted molar refractivity (Wildman–Crippen MR) is 98.1 cm³/mol. The van der Waals surface area contributed by atoms with Crippen molar-refractivity contribution in [1.82, 2.24) is 4.98 Å². The van der Waals surface area contributed by atoms with Crippen molar-refractivity contribution in [3.8, 4) is 0 Å². The quantitative estimate of drug-likeness (QED) is 0.435. The number of carbonyl (C=O) groups is 1. The highest BCUT2D eigenvalue weighted by atomic mass is 35.5. The van der Waals surface area contributed by atoms with Gasteiger partial charge in [-0.1, -0.05) is 52.5 Å². The monoisotopic (exact) mass is 385 g/mol. The number of carboxylic acids is 1. The molecule has 0 aliphatic heterocycles. The van der Waals surface area contributed by atoms with Crippen LogP contribution in [0.1, 0.15) is 32.7 Å². The van der Waals surface area contributed by atoms with Gasteiger partial charge in [-0.25, -0.2) is 9.78 Å². The minimum Gasteiger partial charge on any atom is -0.476 e. The number of halogens is 3. The second-order valence-electron chi connectivity index (χ2n) is 5.24. The van der Waals surface area contributed by atoms with E-state index in [1.807, 2.05) is 32.9 Å². The third-order valence-electron chi connectivity index (χ3n) is 3.35. The molecule has 0 radical (unpaired) electrons. The molecule has 0 spiro atoms. The molecule has 0 saturated carbocycles. The Bertz CT molecular complexity index is 828. The number of hydrogen-bond acceptors (Lipinski definition) is 4. The third kappa shape index (κ3) is 3.80. The van der Waals surface area contributed by atoms with Crippen LogP contribution in [0.3, 0.4) is 0 Å². The van der Waals surface area contributed by atoms with Crippen LogP contribution in [0.5, 0.6) is 0 Å². The van der Waals surface area contributed by atoms with Gasteiger partial charge in [-0.15, -0.1) is 0 Å². The number of nitrogens with zero attached hydrogens (tertiary/aromatic N) is 2. The van der Waals surface area contributed by atoms with Crippen molar-refractivity contribution in [3.63, 3.8) is 0 Å². The molecule has 8 heteroatoms. The summed E-state index contributed by atoms with van der Waals surface area (Å²) in [5, 5.41) is 12.9. The minimum atomic E-state index is -1.31. The Kier molecular flexibility index (Phi) is 5.70. The lowest BCUT2D eigenvalue weighted by Crippen LogP contribution is -2.05. The summed E-state index contributed by atoms with van der Waals surface area (Å²) in [7, 11) is 0. The van der Waals surface area contributed by atoms with Crippen molar-refractivity contribution in [2.45, 2.75) is 20.8 Å². The Labute approximate surface area is 154 Å². The summed E-state index contributed by atoms with van der Waals surface area (Å²) in [5.74, 6) is -1.31. The summed E-state index contributed by atoms with van der Waals surface area (Å²) in [6.07, 6.45) is 1.62. The molecule has 24 heavy (non-hydrogen) atoms. The van der Waals surface area contributed by atoms with E-state index < -0.39 is 11.7 Å². The van der Waals surface area contributed by atoms with Crippen LogP contribution in [0.4, 0.5) is 5.69 Å². The second kappa shape index (κ2) is 7.38. The average molecular weight is 387 g/mol. The topological polar surface area (TPSA) is 74.6 Å². The highest BCUT2D eigenvalue weighted by Gasteiger charge is 2.20. The van der Waals surface area contributed by atoms with Crippen molar-refractivity contribution in [2.75, 3.05) is 5.43 Å². The zero-order chi connectivity index (χ0) is 18.0. The van der Waals surface area contributed by atoms with E-state index in [9.17, 15) is 4.79 Å². The number of carboxylic acid groups (broad SMARTS) is 1. The summed E-state index contributed by atoms with van der Waals surface area (Å²) < 4.78 is 0. The van der Waals surface area contributed by atoms with Crippen LogP contribution in [-0.4, -0.2) is 22.3 Å². The Hall–Kier alpha value is -1.82. The molecule has 0 unspecified atom stereocenters. The first-order valence-corrected chi connectivity index (χ1v) is 8.00. The zero-order valence-corrected chi connectivity index (χ0v) is 15.4. The molecule has 1 aromatic carbocycles. The van der Waals surface area contributed by atoms with E-state index in [2.05, 4.69) is 15.5 Å². The summed E-state index contributed by atoms with van der Waals surface area (Å²) in [6, 6.07) is 4.08. The number of anilines is 1. The van der Waals surface area contributed by atoms with Gasteiger partial charge in [0.15, 0.2) is 10.8 Å². The molecule has 0 aliphatic carbocycles. The zero-order valence-electron chi connectivity index (χ0n) is 13.1. The first kappa shape index (κ1) is 18.5. The molecule has 126 valence electrons. The highest BCUT2D eigenvalue weighted by molar-refractivity contribution is 6.46. The lowest BCUT2D eigenvalue weighted by molar-refractivity contribution is 0.0691. The van der Waals surface area contributed by atoms with Crippen LogP contribution in [0.15, 0.2) is 17.2 Å². The van der Waals surface area contributed by atoms with Gasteiger partial charge in [-0.3, -0.25) is 5.43 Å². The number of benzene rings is 1. The number of nitrogens with one attached hydrogen (secondary N) is 1. The van der Waals surface area contributed by atoms with Crippen LogP contribution < -0.4 is 5.43 Å². The molecule has 5 nitrogen and oxygen atoms in total. The van der Waals surface area contributed by atoms with Gasteiger partial charge in [0.05, 0.1) is 11.9 Å². The smallest absolute Gasteiger partial charge is 0.356 e. The first-order valence-electron chi connectivity index (χ1n) is 6.87. The van der Waals surface area contributed by atoms with E-state index in [0.29, 0.717) is 0 Å². The number of hydrazone groups is 1. The molecular formula is C16H14Cl3N3O2. The molecule has 2 aromatic rings. The van der Waals surface area contributed by atoms with Crippen LogP contribution in [-0.2, 0) is 0 Å². The number of rotatable bonds is 4. The molecule has 0 atom stereocenters. The Morgan fingerprint density at radius 2 is 1.75 bits per heavy atom. The lowest BCUT2D eigenvalue weighted by atomic mass is 10.0. The number of aromatic carboxylic acids is 1. The Morgan fingerprint density at radius 1 is 1.17 bits per heavy atom. The molecule has 0 fully saturated rings. The third-order valence-corrected chi connectivity index (χ3v) is 4.45. The summed E-state index contributed by atoms with van der Waals surface area (Å²) in [6.45, 7) is 5.98. The summed E-state index contributed by atoms with van der Waals surface area (Å²) >= 11 is 17.9. The van der Waals surface area contributed by atoms with Crippen molar-refractivity contribution < 1.29 is 9.90 Å². The summed E-state index contributed by atoms with van der Waals surface area (Å²) in [5.41, 5.74) is 6.58. The average Bonchev–Trinajstić information content (AvgIpc) is 2.48. The highest BCUT2D eigenvalue weighted by Crippen LogP contribution is 2.36. The number of aromatic nitrogens is 1. The van der Waals surface area contributed by atoms with Gasteiger partial charge in [-0.2, -0.15) is 5.10 Å². The lowest BCUT2D eigenvalue weighted by Gasteiger charge is -2.10. The maximum Gasteiger partial charge on any atom is 0.356 e. The van der Waals surface area contributed by atoms with E-state index in [1.165, 1.54) is 0 Å². The van der Waals surface area contributed by atoms with Gasteiger partial charge < -0.3 is 5.11 Å². The van der Waals surface area contributed by atoms with Gasteiger partial charge >= 0.3 is 5.97 Å². The molecule has 0 saturated heterocycles. The van der Waals surface area contributed by atoms with Gasteiger partial charge in [0.1, 0.15) is 10.0 Å². The van der Waals surface area contributed by atoms with Crippen LogP contribution >= 0.6 is 34.8 Å². The van der Waals surface area contributed by atoms with Crippen LogP contribution in [0, 0.1) is 20.8 Å². The second-order valence-corrected chi connectivity index (χ2v) is 6.36. The molecule has 1 aromatic heterocycles. The van der Waals surface area contributed by atoms with E-state index in [1.54, 1.807) is 6.21 Å². The minimum absolute atomic E-state index is 0.00108. The largest absolute Gasteiger partial charge is 0.476 e. The molecule has 0 bridgehead atoms. The van der Waals surface area contributed by atoms with Crippen molar-refractivity contribution >= 4 is 52.7 Å². The van der Waals surface area contributed by atoms with Gasteiger partial charge in [0.25, 0.3) is 0 Å². The molecule has 1 heterocycles. The van der Waals surface area contributed by atoms with Crippen molar-refractivity contribution in [1.29, 1.82) is 0 Å². The molecule has 2 N–H and O–H groups in total. The maximum absolute atomic E-state index is 11.1. The number of aryl methyl sites for hydroxylation is 3. The van der Waals surface area contributed by atoms with Gasteiger partial charge in [0, 0.05) is 5.56 Å². The van der Waals surface area contributed by atoms with E-state index in [0.717, 1.165) is 22.3 Å². The van der Waals surface area contributed by atoms with Gasteiger partial charge in [-0.05, 0) is 31.9 Å². The van der Waals surface area contributed by atoms with Crippen molar-refractivity contribution in [2.24, 2.45) is 5.10 Å². The van der Waals surface area contributed by atoms with Crippen LogP contribution in [0.2, 0.25) is 15.2 Å². The standard InChI is InChI=1S/C16H14Cl3N3O2/c1-7-4-8(2)10(9(3)5-7)6-20-22-13-11(17)14(16(23)24)21-15(19)12(13)18/h4-6H,1-3H3,(H,21,22)(H,23,24). The molecule has 2 rings (SSSR count). The Balaban J connectivity index is 2.38. The van der Waals surface area contributed by atoms with E-state index in [4.69, 9.17) is 39.9 Å². The SMILES string of the molecule is Cc1cc(C)c(C=NNc2c(Cl)c(Cl)nc(C(=O)O)c2Cl)c(C)c1. The maximum atomic E-state index is 11.1. The fraction of sp³-hybridized carbons (Fsp3) is 0.188. The molecule has 0 amide bonds. The fourth-order valence-corrected chi connectivity index (χ4v) is 2.98. The van der Waals surface area contributed by atoms with Gasteiger partial charge in [0.2, 0.25) is 0 Å². The fourth-order valence-electron chi connectivity index (χ4n) is 2.31. The molecule has 0 aliphatic rings. The first-order chi connectivity index (χ1) is 11.2. The predicted octanol–water partition coefficient (Wildman–Crippen LogP) is 5.11. The molecular weight excluding hydrogens is 373 g/mol. The number of pyridine rings is 1.